The van der Waals surface area contributed by atoms with Gasteiger partial charge in [0, 0.05) is 24.3 Å². The van der Waals surface area contributed by atoms with Crippen LogP contribution in [0.5, 0.6) is 0 Å². The van der Waals surface area contributed by atoms with Crippen LogP contribution in [0, 0.1) is 6.92 Å². The van der Waals surface area contributed by atoms with Crippen LogP contribution in [0.15, 0.2) is 66.7 Å². The maximum absolute atomic E-state index is 12.6. The van der Waals surface area contributed by atoms with Gasteiger partial charge >= 0.3 is 0 Å². The molecule has 6 heteroatoms. The highest BCUT2D eigenvalue weighted by atomic mass is 32.1. The highest BCUT2D eigenvalue weighted by Gasteiger charge is 2.15. The topological polar surface area (TPSA) is 75.3 Å². The number of nitrogens with one attached hydrogen (secondary N) is 2. The molecule has 154 valence electrons. The predicted molar refractivity (Wildman–Crippen MR) is 120 cm³/mol. The molecular weight excluding hydrogens is 396 g/mol. The molecule has 0 saturated carbocycles. The van der Waals surface area contributed by atoms with E-state index in [-0.39, 0.29) is 30.4 Å². The van der Waals surface area contributed by atoms with Crippen molar-refractivity contribution in [3.05, 3.63) is 87.6 Å². The van der Waals surface area contributed by atoms with E-state index in [4.69, 9.17) is 0 Å². The molecule has 0 atom stereocenters. The smallest absolute Gasteiger partial charge is 0.253 e. The van der Waals surface area contributed by atoms with Crippen LogP contribution < -0.4 is 10.6 Å². The van der Waals surface area contributed by atoms with Crippen molar-refractivity contribution in [3.8, 4) is 0 Å². The Kier molecular flexibility index (Phi) is 7.51. The van der Waals surface area contributed by atoms with Crippen LogP contribution in [-0.2, 0) is 11.2 Å². The lowest BCUT2D eigenvalue weighted by Gasteiger charge is -2.11. The number of hydrogen-bond acceptors (Lipinski definition) is 4. The number of para-hydroxylation sites is 1. The summed E-state index contributed by atoms with van der Waals surface area (Å²) in [5.74, 6) is -0.580. The second-order valence-corrected chi connectivity index (χ2v) is 8.21. The van der Waals surface area contributed by atoms with Gasteiger partial charge in [0.1, 0.15) is 0 Å². The van der Waals surface area contributed by atoms with Crippen molar-refractivity contribution in [2.45, 2.75) is 26.2 Å². The van der Waals surface area contributed by atoms with Crippen molar-refractivity contribution < 1.29 is 14.4 Å². The van der Waals surface area contributed by atoms with Gasteiger partial charge in [-0.3, -0.25) is 14.4 Å². The van der Waals surface area contributed by atoms with Crippen molar-refractivity contribution in [2.24, 2.45) is 0 Å². The van der Waals surface area contributed by atoms with Gasteiger partial charge < -0.3 is 10.6 Å². The molecule has 3 rings (SSSR count). The monoisotopic (exact) mass is 420 g/mol. The van der Waals surface area contributed by atoms with Gasteiger partial charge in [-0.15, -0.1) is 11.3 Å². The molecule has 2 aromatic carbocycles. The van der Waals surface area contributed by atoms with Crippen molar-refractivity contribution >= 4 is 34.6 Å². The third kappa shape index (κ3) is 6.12. The number of hydrogen-bond donors (Lipinski definition) is 2. The number of amides is 2. The third-order valence-corrected chi connectivity index (χ3v) is 5.62. The Morgan fingerprint density at radius 1 is 0.867 bits per heavy atom. The first-order valence-electron chi connectivity index (χ1n) is 9.83. The Hall–Kier alpha value is -3.25. The summed E-state index contributed by atoms with van der Waals surface area (Å²) in [6.07, 6.45) is 0.933. The molecule has 2 N–H and O–H groups in total. The van der Waals surface area contributed by atoms with E-state index < -0.39 is 0 Å². The van der Waals surface area contributed by atoms with Gasteiger partial charge in [-0.1, -0.05) is 42.5 Å². The van der Waals surface area contributed by atoms with E-state index in [1.165, 1.54) is 11.3 Å². The molecule has 1 heterocycles. The molecule has 3 aromatic rings. The number of carbonyl (C=O) groups is 3. The first kappa shape index (κ1) is 21.5. The Morgan fingerprint density at radius 3 is 2.33 bits per heavy atom. The summed E-state index contributed by atoms with van der Waals surface area (Å²) in [5, 5.41) is 5.66. The minimum atomic E-state index is -0.291. The van der Waals surface area contributed by atoms with E-state index in [1.807, 2.05) is 43.3 Å². The second kappa shape index (κ2) is 10.5. The molecule has 0 saturated heterocycles. The lowest BCUT2D eigenvalue weighted by molar-refractivity contribution is -0.116. The number of carbonyl (C=O) groups excluding carboxylic acids is 3. The fourth-order valence-electron chi connectivity index (χ4n) is 3.00. The average Bonchev–Trinajstić information content (AvgIpc) is 3.19. The van der Waals surface area contributed by atoms with E-state index in [2.05, 4.69) is 10.6 Å². The van der Waals surface area contributed by atoms with Crippen LogP contribution in [0.1, 0.15) is 43.3 Å². The number of ketones is 1. The molecule has 5 nitrogen and oxygen atoms in total. The van der Waals surface area contributed by atoms with Crippen LogP contribution in [-0.4, -0.2) is 24.1 Å². The highest BCUT2D eigenvalue weighted by molar-refractivity contribution is 7.14. The van der Waals surface area contributed by atoms with E-state index in [9.17, 15) is 14.4 Å². The van der Waals surface area contributed by atoms with Crippen LogP contribution in [0.4, 0.5) is 5.69 Å². The zero-order valence-corrected chi connectivity index (χ0v) is 17.6. The minimum absolute atomic E-state index is 0.0461. The minimum Gasteiger partial charge on any atom is -0.352 e. The van der Waals surface area contributed by atoms with Crippen LogP contribution >= 0.6 is 11.3 Å². The van der Waals surface area contributed by atoms with Gasteiger partial charge in [0.2, 0.25) is 5.91 Å². The molecule has 0 bridgehead atoms. The zero-order valence-electron chi connectivity index (χ0n) is 16.8. The molecule has 0 unspecified atom stereocenters. The second-order valence-electron chi connectivity index (χ2n) is 6.92. The average molecular weight is 421 g/mol. The van der Waals surface area contributed by atoms with E-state index in [0.29, 0.717) is 22.7 Å². The lowest BCUT2D eigenvalue weighted by Crippen LogP contribution is -2.27. The summed E-state index contributed by atoms with van der Waals surface area (Å²) in [5.41, 5.74) is 1.99. The largest absolute Gasteiger partial charge is 0.352 e. The summed E-state index contributed by atoms with van der Waals surface area (Å²) in [6.45, 7) is 2.44. The third-order valence-electron chi connectivity index (χ3n) is 4.58. The van der Waals surface area contributed by atoms with Crippen molar-refractivity contribution in [3.63, 3.8) is 0 Å². The van der Waals surface area contributed by atoms with Crippen LogP contribution in [0.25, 0.3) is 0 Å². The van der Waals surface area contributed by atoms with E-state index in [0.717, 1.165) is 16.9 Å². The number of Topliss-reactive ketones (excluding diaryl/α,β-unsaturated/α-hetero) is 1. The number of anilines is 1. The molecule has 2 amide bonds. The number of benzene rings is 2. The molecule has 1 aromatic heterocycles. The molecule has 0 aliphatic rings. The first-order chi connectivity index (χ1) is 14.5. The summed E-state index contributed by atoms with van der Waals surface area (Å²) in [7, 11) is 0. The lowest BCUT2D eigenvalue weighted by atomic mass is 10.1. The normalized spacial score (nSPS) is 10.4. The maximum Gasteiger partial charge on any atom is 0.253 e. The molecule has 0 radical (unpaired) electrons. The molecular formula is C24H24N2O3S. The Balaban J connectivity index is 1.53. The van der Waals surface area contributed by atoms with Gasteiger partial charge in [0.05, 0.1) is 16.1 Å². The fraction of sp³-hybridized carbons (Fsp3) is 0.208. The Bertz CT molecular complexity index is 1030. The van der Waals surface area contributed by atoms with Crippen molar-refractivity contribution in [1.29, 1.82) is 0 Å². The highest BCUT2D eigenvalue weighted by Crippen LogP contribution is 2.19. The Labute approximate surface area is 180 Å². The fourth-order valence-corrected chi connectivity index (χ4v) is 3.83. The molecule has 0 aliphatic heterocycles. The quantitative estimate of drug-likeness (QED) is 0.496. The van der Waals surface area contributed by atoms with Crippen molar-refractivity contribution in [1.82, 2.24) is 5.32 Å². The number of rotatable bonds is 9. The summed E-state index contributed by atoms with van der Waals surface area (Å²) < 4.78 is 0. The van der Waals surface area contributed by atoms with Crippen LogP contribution in [0.3, 0.4) is 0 Å². The van der Waals surface area contributed by atoms with Crippen molar-refractivity contribution in [2.75, 3.05) is 11.9 Å². The Morgan fingerprint density at radius 2 is 1.60 bits per heavy atom. The molecule has 0 aliphatic carbocycles. The van der Waals surface area contributed by atoms with Gasteiger partial charge in [0.15, 0.2) is 5.78 Å². The van der Waals surface area contributed by atoms with Crippen LogP contribution in [0.2, 0.25) is 0 Å². The van der Waals surface area contributed by atoms with Gasteiger partial charge in [0.25, 0.3) is 5.91 Å². The van der Waals surface area contributed by atoms with Gasteiger partial charge in [-0.25, -0.2) is 0 Å². The SMILES string of the molecule is Cc1ccc(C(=O)CCC(=O)Nc2ccccc2C(=O)NCCc2ccccc2)s1. The number of thiophene rings is 1. The molecule has 0 fully saturated rings. The maximum atomic E-state index is 12.6. The van der Waals surface area contributed by atoms with E-state index >= 15 is 0 Å². The first-order valence-corrected chi connectivity index (χ1v) is 10.7. The predicted octanol–water partition coefficient (Wildman–Crippen LogP) is 4.63. The summed E-state index contributed by atoms with van der Waals surface area (Å²) >= 11 is 1.43. The standard InChI is InChI=1S/C24H24N2O3S/c1-17-11-13-22(30-17)21(27)12-14-23(28)26-20-10-6-5-9-19(20)24(29)25-16-15-18-7-3-2-4-8-18/h2-11,13H,12,14-16H2,1H3,(H,25,29)(H,26,28). The van der Waals surface area contributed by atoms with Gasteiger partial charge in [-0.2, -0.15) is 0 Å². The molecule has 30 heavy (non-hydrogen) atoms. The summed E-state index contributed by atoms with van der Waals surface area (Å²) in [4.78, 5) is 38.8. The van der Waals surface area contributed by atoms with E-state index in [1.54, 1.807) is 30.3 Å². The van der Waals surface area contributed by atoms with Gasteiger partial charge in [-0.05, 0) is 43.2 Å². The molecule has 0 spiro atoms. The zero-order chi connectivity index (χ0) is 21.3. The number of aryl methyl sites for hydroxylation is 1. The summed E-state index contributed by atoms with van der Waals surface area (Å²) in [6, 6.07) is 20.5.